The van der Waals surface area contributed by atoms with Crippen molar-refractivity contribution in [1.29, 1.82) is 0 Å². The van der Waals surface area contributed by atoms with E-state index < -0.39 is 0 Å². The first-order valence-corrected chi connectivity index (χ1v) is 10.1. The highest BCUT2D eigenvalue weighted by Gasteiger charge is 2.31. The Morgan fingerprint density at radius 3 is 3.00 bits per heavy atom. The van der Waals surface area contributed by atoms with Gasteiger partial charge in [0, 0.05) is 28.2 Å². The topological polar surface area (TPSA) is 33.2 Å². The van der Waals surface area contributed by atoms with Crippen molar-refractivity contribution in [2.75, 3.05) is 6.54 Å². The molecule has 0 bridgehead atoms. The molecule has 130 valence electrons. The molecule has 1 aromatic heterocycles. The standard InChI is InChI=1S/C20H21ClN2OS/c1-13-11-15(21)8-9-16(13)19-22-17(12-25-19)20(24)23-10-4-6-14-5-2-3-7-18(14)23/h7-9,11-12,14H,2-6,10H2,1H3. The van der Waals surface area contributed by atoms with Crippen LogP contribution in [0.25, 0.3) is 10.6 Å². The van der Waals surface area contributed by atoms with Gasteiger partial charge in [0.2, 0.25) is 0 Å². The molecule has 1 aliphatic heterocycles. The number of aromatic nitrogens is 1. The molecule has 1 atom stereocenters. The maximum atomic E-state index is 13.0. The third kappa shape index (κ3) is 3.25. The maximum absolute atomic E-state index is 13.0. The van der Waals surface area contributed by atoms with Crippen LogP contribution in [-0.4, -0.2) is 22.3 Å². The number of allylic oxidation sites excluding steroid dienone is 2. The van der Waals surface area contributed by atoms with Crippen LogP contribution in [0, 0.1) is 12.8 Å². The molecule has 1 aliphatic carbocycles. The van der Waals surface area contributed by atoms with Crippen molar-refractivity contribution < 1.29 is 4.79 Å². The predicted molar refractivity (Wildman–Crippen MR) is 103 cm³/mol. The van der Waals surface area contributed by atoms with Gasteiger partial charge in [0.1, 0.15) is 10.7 Å². The van der Waals surface area contributed by atoms with Crippen LogP contribution in [0.4, 0.5) is 0 Å². The fraction of sp³-hybridized carbons (Fsp3) is 0.400. The fourth-order valence-corrected chi connectivity index (χ4v) is 5.01. The lowest BCUT2D eigenvalue weighted by atomic mass is 9.85. The van der Waals surface area contributed by atoms with Gasteiger partial charge in [-0.15, -0.1) is 11.3 Å². The highest BCUT2D eigenvalue weighted by molar-refractivity contribution is 7.13. The molecule has 1 fully saturated rings. The van der Waals surface area contributed by atoms with Gasteiger partial charge < -0.3 is 4.90 Å². The average Bonchev–Trinajstić information content (AvgIpc) is 3.10. The molecule has 1 saturated heterocycles. The Morgan fingerprint density at radius 1 is 1.32 bits per heavy atom. The third-order valence-electron chi connectivity index (χ3n) is 5.16. The highest BCUT2D eigenvalue weighted by Crippen LogP contribution is 2.36. The summed E-state index contributed by atoms with van der Waals surface area (Å²) in [7, 11) is 0. The number of thiazole rings is 1. The zero-order valence-corrected chi connectivity index (χ0v) is 15.9. The van der Waals surface area contributed by atoms with Gasteiger partial charge in [-0.1, -0.05) is 23.7 Å². The lowest BCUT2D eigenvalue weighted by Crippen LogP contribution is -2.39. The van der Waals surface area contributed by atoms with Crippen molar-refractivity contribution >= 4 is 28.8 Å². The summed E-state index contributed by atoms with van der Waals surface area (Å²) in [5.41, 5.74) is 3.91. The predicted octanol–water partition coefficient (Wildman–Crippen LogP) is 5.69. The highest BCUT2D eigenvalue weighted by atomic mass is 35.5. The number of amides is 1. The van der Waals surface area contributed by atoms with Crippen LogP contribution in [0.5, 0.6) is 0 Å². The van der Waals surface area contributed by atoms with Crippen molar-refractivity contribution in [1.82, 2.24) is 9.88 Å². The molecule has 2 aliphatic rings. The van der Waals surface area contributed by atoms with Crippen molar-refractivity contribution in [3.05, 3.63) is 51.6 Å². The number of nitrogens with zero attached hydrogens (tertiary/aromatic N) is 2. The fourth-order valence-electron chi connectivity index (χ4n) is 3.90. The lowest BCUT2D eigenvalue weighted by molar-refractivity contribution is 0.0744. The molecule has 0 spiro atoms. The largest absolute Gasteiger partial charge is 0.311 e. The normalized spacial score (nSPS) is 20.2. The van der Waals surface area contributed by atoms with Gasteiger partial charge in [-0.3, -0.25) is 4.79 Å². The Labute approximate surface area is 157 Å². The van der Waals surface area contributed by atoms with E-state index in [1.54, 1.807) is 0 Å². The smallest absolute Gasteiger partial charge is 0.277 e. The van der Waals surface area contributed by atoms with Gasteiger partial charge in [0.15, 0.2) is 0 Å². The lowest BCUT2D eigenvalue weighted by Gasteiger charge is -2.37. The van der Waals surface area contributed by atoms with Crippen molar-refractivity contribution in [3.63, 3.8) is 0 Å². The molecule has 0 N–H and O–H groups in total. The molecule has 1 amide bonds. The van der Waals surface area contributed by atoms with Crippen LogP contribution in [0.1, 0.15) is 48.2 Å². The number of rotatable bonds is 2. The zero-order chi connectivity index (χ0) is 17.4. The number of halogens is 1. The summed E-state index contributed by atoms with van der Waals surface area (Å²) in [6.45, 7) is 2.83. The Kier molecular flexibility index (Phi) is 4.65. The molecular weight excluding hydrogens is 352 g/mol. The number of carbonyl (C=O) groups excluding carboxylic acids is 1. The first-order valence-electron chi connectivity index (χ1n) is 8.87. The Hall–Kier alpha value is -1.65. The molecule has 25 heavy (non-hydrogen) atoms. The summed E-state index contributed by atoms with van der Waals surface area (Å²) in [4.78, 5) is 19.7. The van der Waals surface area contributed by atoms with Gasteiger partial charge in [0.05, 0.1) is 0 Å². The number of aryl methyl sites for hydroxylation is 1. The zero-order valence-electron chi connectivity index (χ0n) is 14.3. The monoisotopic (exact) mass is 372 g/mol. The molecule has 0 radical (unpaired) electrons. The van der Waals surface area contributed by atoms with Crippen molar-refractivity contribution in [2.24, 2.45) is 5.92 Å². The van der Waals surface area contributed by atoms with Crippen LogP contribution in [0.15, 0.2) is 35.4 Å². The van der Waals surface area contributed by atoms with Gasteiger partial charge in [-0.25, -0.2) is 4.98 Å². The molecule has 2 heterocycles. The van der Waals surface area contributed by atoms with Crippen LogP contribution >= 0.6 is 22.9 Å². The van der Waals surface area contributed by atoms with Gasteiger partial charge >= 0.3 is 0 Å². The van der Waals surface area contributed by atoms with Crippen LogP contribution in [0.3, 0.4) is 0 Å². The molecular formula is C20H21ClN2OS. The van der Waals surface area contributed by atoms with E-state index in [4.69, 9.17) is 11.6 Å². The summed E-state index contributed by atoms with van der Waals surface area (Å²) < 4.78 is 0. The number of fused-ring (bicyclic) bond motifs is 1. The van der Waals surface area contributed by atoms with Crippen LogP contribution in [-0.2, 0) is 0 Å². The number of likely N-dealkylation sites (tertiary alicyclic amines) is 1. The first-order chi connectivity index (χ1) is 12.1. The number of hydrogen-bond donors (Lipinski definition) is 0. The van der Waals surface area contributed by atoms with Gasteiger partial charge in [-0.2, -0.15) is 0 Å². The Morgan fingerprint density at radius 2 is 2.16 bits per heavy atom. The van der Waals surface area contributed by atoms with Crippen molar-refractivity contribution in [3.8, 4) is 10.6 Å². The molecule has 2 aromatic rings. The van der Waals surface area contributed by atoms with Gasteiger partial charge in [-0.05, 0) is 62.6 Å². The summed E-state index contributed by atoms with van der Waals surface area (Å²) >= 11 is 7.57. The summed E-state index contributed by atoms with van der Waals surface area (Å²) in [6, 6.07) is 5.78. The minimum absolute atomic E-state index is 0.0481. The molecule has 1 unspecified atom stereocenters. The van der Waals surface area contributed by atoms with E-state index in [1.165, 1.54) is 36.3 Å². The van der Waals surface area contributed by atoms with E-state index in [0.29, 0.717) is 11.6 Å². The van der Waals surface area contributed by atoms with Gasteiger partial charge in [0.25, 0.3) is 5.91 Å². The Balaban J connectivity index is 1.61. The average molecular weight is 373 g/mol. The second-order valence-electron chi connectivity index (χ2n) is 6.85. The van der Waals surface area contributed by atoms with E-state index in [2.05, 4.69) is 11.1 Å². The van der Waals surface area contributed by atoms with E-state index in [9.17, 15) is 4.79 Å². The molecule has 5 heteroatoms. The number of benzene rings is 1. The van der Waals surface area contributed by atoms with Crippen LogP contribution < -0.4 is 0 Å². The minimum atomic E-state index is 0.0481. The van der Waals surface area contributed by atoms with Crippen molar-refractivity contribution in [2.45, 2.75) is 39.0 Å². The Bertz CT molecular complexity index is 842. The number of piperidine rings is 1. The molecule has 0 saturated carbocycles. The summed E-state index contributed by atoms with van der Waals surface area (Å²) in [6.07, 6.45) is 8.10. The third-order valence-corrected chi connectivity index (χ3v) is 6.27. The number of carbonyl (C=O) groups is 1. The van der Waals surface area contributed by atoms with Crippen LogP contribution in [0.2, 0.25) is 5.02 Å². The van der Waals surface area contributed by atoms with E-state index in [0.717, 1.165) is 40.5 Å². The second kappa shape index (κ2) is 6.93. The summed E-state index contributed by atoms with van der Waals surface area (Å²) in [5.74, 6) is 0.607. The molecule has 3 nitrogen and oxygen atoms in total. The van der Waals surface area contributed by atoms with E-state index >= 15 is 0 Å². The second-order valence-corrected chi connectivity index (χ2v) is 8.15. The molecule has 1 aromatic carbocycles. The summed E-state index contributed by atoms with van der Waals surface area (Å²) in [5, 5.41) is 3.49. The first kappa shape index (κ1) is 16.8. The molecule has 4 rings (SSSR count). The number of hydrogen-bond acceptors (Lipinski definition) is 3. The van der Waals surface area contributed by atoms with E-state index in [-0.39, 0.29) is 5.91 Å². The maximum Gasteiger partial charge on any atom is 0.277 e. The SMILES string of the molecule is Cc1cc(Cl)ccc1-c1nc(C(=O)N2CCCC3CCCC=C32)cs1. The quantitative estimate of drug-likeness (QED) is 0.678. The minimum Gasteiger partial charge on any atom is -0.311 e. The van der Waals surface area contributed by atoms with E-state index in [1.807, 2.05) is 35.4 Å².